The van der Waals surface area contributed by atoms with Crippen LogP contribution < -0.4 is 14.9 Å². The topological polar surface area (TPSA) is 62.6 Å². The quantitative estimate of drug-likeness (QED) is 0.607. The van der Waals surface area contributed by atoms with Crippen molar-refractivity contribution < 1.29 is 14.2 Å². The first-order chi connectivity index (χ1) is 15.2. The predicted molar refractivity (Wildman–Crippen MR) is 118 cm³/mol. The average molecular weight is 418 g/mol. The van der Waals surface area contributed by atoms with E-state index in [1.807, 2.05) is 37.3 Å². The Morgan fingerprint density at radius 3 is 2.94 bits per heavy atom. The molecule has 2 aromatic heterocycles. The summed E-state index contributed by atoms with van der Waals surface area (Å²) in [6.07, 6.45) is 4.80. The van der Waals surface area contributed by atoms with Crippen LogP contribution in [0.4, 0.5) is 0 Å². The van der Waals surface area contributed by atoms with Crippen LogP contribution in [0.3, 0.4) is 0 Å². The summed E-state index contributed by atoms with van der Waals surface area (Å²) in [7, 11) is 0. The van der Waals surface area contributed by atoms with E-state index in [9.17, 15) is 4.79 Å². The fourth-order valence-corrected chi connectivity index (χ4v) is 4.34. The molecule has 0 saturated carbocycles. The second-order valence-corrected chi connectivity index (χ2v) is 8.10. The van der Waals surface area contributed by atoms with Crippen LogP contribution in [-0.4, -0.2) is 28.9 Å². The third-order valence-corrected chi connectivity index (χ3v) is 6.01. The highest BCUT2D eigenvalue weighted by Gasteiger charge is 2.24. The summed E-state index contributed by atoms with van der Waals surface area (Å²) in [5, 5.41) is 0. The van der Waals surface area contributed by atoms with Gasteiger partial charge in [0.1, 0.15) is 19.0 Å². The van der Waals surface area contributed by atoms with E-state index in [2.05, 4.69) is 15.6 Å². The first-order valence-electron chi connectivity index (χ1n) is 10.8. The standard InChI is InChI=1S/C25H26N2O4/c1-17-23(28)14-24(31-16-21-6-4-12-29-21)27-11-9-18-13-20(7-8-22(18)25(17)27)30-15-19-5-2-3-10-26-19/h2-3,5,7-8,10,13-14,21H,4,6,9,11-12,15-16H2,1H3. The Balaban J connectivity index is 1.41. The van der Waals surface area contributed by atoms with Crippen LogP contribution in [0, 0.1) is 6.92 Å². The van der Waals surface area contributed by atoms with Crippen LogP contribution in [0.5, 0.6) is 11.6 Å². The van der Waals surface area contributed by atoms with E-state index in [0.29, 0.717) is 19.1 Å². The Morgan fingerprint density at radius 1 is 1.19 bits per heavy atom. The second kappa shape index (κ2) is 8.55. The molecule has 0 spiro atoms. The maximum atomic E-state index is 12.7. The molecular weight excluding hydrogens is 392 g/mol. The van der Waals surface area contributed by atoms with Crippen molar-refractivity contribution in [3.05, 3.63) is 75.7 Å². The summed E-state index contributed by atoms with van der Waals surface area (Å²) in [6, 6.07) is 13.5. The van der Waals surface area contributed by atoms with Gasteiger partial charge in [-0.3, -0.25) is 9.78 Å². The number of aryl methyl sites for hydroxylation is 1. The van der Waals surface area contributed by atoms with Gasteiger partial charge in [-0.25, -0.2) is 0 Å². The van der Waals surface area contributed by atoms with Gasteiger partial charge < -0.3 is 18.8 Å². The van der Waals surface area contributed by atoms with Crippen LogP contribution in [-0.2, 0) is 24.3 Å². The maximum Gasteiger partial charge on any atom is 0.197 e. The van der Waals surface area contributed by atoms with Gasteiger partial charge in [0, 0.05) is 36.5 Å². The average Bonchev–Trinajstić information content (AvgIpc) is 3.33. The van der Waals surface area contributed by atoms with Crippen molar-refractivity contribution in [2.24, 2.45) is 0 Å². The first kappa shape index (κ1) is 19.8. The number of aromatic nitrogens is 2. The molecule has 31 heavy (non-hydrogen) atoms. The zero-order chi connectivity index (χ0) is 21.2. The van der Waals surface area contributed by atoms with Gasteiger partial charge in [0.15, 0.2) is 11.3 Å². The third kappa shape index (κ3) is 4.08. The zero-order valence-electron chi connectivity index (χ0n) is 17.7. The Labute approximate surface area is 181 Å². The summed E-state index contributed by atoms with van der Waals surface area (Å²) >= 11 is 0. The van der Waals surface area contributed by atoms with Crippen molar-refractivity contribution >= 4 is 0 Å². The lowest BCUT2D eigenvalue weighted by Crippen LogP contribution is -2.24. The minimum atomic E-state index is -0.00285. The van der Waals surface area contributed by atoms with E-state index in [4.69, 9.17) is 14.2 Å². The number of hydrogen-bond acceptors (Lipinski definition) is 5. The molecule has 3 aromatic rings. The largest absolute Gasteiger partial charge is 0.487 e. The fourth-order valence-electron chi connectivity index (χ4n) is 4.34. The highest BCUT2D eigenvalue weighted by Crippen LogP contribution is 2.35. The molecule has 4 heterocycles. The van der Waals surface area contributed by atoms with Crippen molar-refractivity contribution in [3.8, 4) is 22.9 Å². The Bertz CT molecular complexity index is 1130. The van der Waals surface area contributed by atoms with Crippen molar-refractivity contribution in [1.82, 2.24) is 9.55 Å². The number of hydrogen-bond donors (Lipinski definition) is 0. The molecule has 1 atom stereocenters. The molecule has 0 aliphatic carbocycles. The lowest BCUT2D eigenvalue weighted by molar-refractivity contribution is 0.0646. The fraction of sp³-hybridized carbons (Fsp3) is 0.360. The predicted octanol–water partition coefficient (Wildman–Crippen LogP) is 3.91. The van der Waals surface area contributed by atoms with E-state index in [1.54, 1.807) is 12.3 Å². The van der Waals surface area contributed by atoms with Gasteiger partial charge in [0.05, 0.1) is 17.5 Å². The molecule has 0 N–H and O–H groups in total. The van der Waals surface area contributed by atoms with Gasteiger partial charge in [0.2, 0.25) is 0 Å². The second-order valence-electron chi connectivity index (χ2n) is 8.10. The summed E-state index contributed by atoms with van der Waals surface area (Å²) in [5.41, 5.74) is 4.81. The summed E-state index contributed by atoms with van der Waals surface area (Å²) in [5.74, 6) is 1.44. The number of pyridine rings is 2. The van der Waals surface area contributed by atoms with E-state index in [1.165, 1.54) is 5.56 Å². The van der Waals surface area contributed by atoms with Gasteiger partial charge in [-0.2, -0.15) is 0 Å². The van der Waals surface area contributed by atoms with E-state index in [-0.39, 0.29) is 11.5 Å². The number of benzene rings is 1. The zero-order valence-corrected chi connectivity index (χ0v) is 17.7. The molecule has 2 aliphatic heterocycles. The molecule has 1 saturated heterocycles. The van der Waals surface area contributed by atoms with Crippen LogP contribution in [0.2, 0.25) is 0 Å². The molecule has 0 bridgehead atoms. The third-order valence-electron chi connectivity index (χ3n) is 6.01. The van der Waals surface area contributed by atoms with Gasteiger partial charge in [-0.05, 0) is 62.1 Å². The Kier molecular flexibility index (Phi) is 5.47. The van der Waals surface area contributed by atoms with Gasteiger partial charge >= 0.3 is 0 Å². The van der Waals surface area contributed by atoms with Crippen molar-refractivity contribution in [2.75, 3.05) is 13.2 Å². The molecule has 6 nitrogen and oxygen atoms in total. The molecule has 5 rings (SSSR count). The molecular formula is C25H26N2O4. The highest BCUT2D eigenvalue weighted by molar-refractivity contribution is 5.70. The molecule has 0 radical (unpaired) electrons. The highest BCUT2D eigenvalue weighted by atomic mass is 16.5. The smallest absolute Gasteiger partial charge is 0.197 e. The van der Waals surface area contributed by atoms with Gasteiger partial charge in [0.25, 0.3) is 0 Å². The molecule has 6 heteroatoms. The maximum absolute atomic E-state index is 12.7. The van der Waals surface area contributed by atoms with Crippen LogP contribution in [0.25, 0.3) is 11.3 Å². The monoisotopic (exact) mass is 418 g/mol. The molecule has 0 amide bonds. The molecule has 1 aromatic carbocycles. The SMILES string of the molecule is Cc1c2n(c(OCC3CCCO3)cc1=O)CCc1cc(OCc3ccccn3)ccc1-2. The molecule has 2 aliphatic rings. The molecule has 160 valence electrons. The Morgan fingerprint density at radius 2 is 2.13 bits per heavy atom. The molecule has 1 fully saturated rings. The van der Waals surface area contributed by atoms with E-state index >= 15 is 0 Å². The number of rotatable bonds is 6. The van der Waals surface area contributed by atoms with Crippen LogP contribution in [0.15, 0.2) is 53.5 Å². The van der Waals surface area contributed by atoms with E-state index < -0.39 is 0 Å². The van der Waals surface area contributed by atoms with Crippen molar-refractivity contribution in [2.45, 2.75) is 45.4 Å². The molecule has 1 unspecified atom stereocenters. The normalized spacial score (nSPS) is 17.1. The number of fused-ring (bicyclic) bond motifs is 3. The summed E-state index contributed by atoms with van der Waals surface area (Å²) in [4.78, 5) is 17.0. The number of ether oxygens (including phenoxy) is 3. The summed E-state index contributed by atoms with van der Waals surface area (Å²) in [6.45, 7) is 4.34. The minimum absolute atomic E-state index is 0.00285. The van der Waals surface area contributed by atoms with Gasteiger partial charge in [-0.1, -0.05) is 6.07 Å². The Hall–Kier alpha value is -3.12. The van der Waals surface area contributed by atoms with Crippen LogP contribution in [0.1, 0.15) is 29.7 Å². The first-order valence-corrected chi connectivity index (χ1v) is 10.8. The van der Waals surface area contributed by atoms with Crippen molar-refractivity contribution in [1.29, 1.82) is 0 Å². The van der Waals surface area contributed by atoms with E-state index in [0.717, 1.165) is 60.7 Å². The number of nitrogens with zero attached hydrogens (tertiary/aromatic N) is 2. The minimum Gasteiger partial charge on any atom is -0.487 e. The van der Waals surface area contributed by atoms with Gasteiger partial charge in [-0.15, -0.1) is 0 Å². The summed E-state index contributed by atoms with van der Waals surface area (Å²) < 4.78 is 19.8. The van der Waals surface area contributed by atoms with Crippen LogP contribution >= 0.6 is 0 Å². The van der Waals surface area contributed by atoms with Crippen molar-refractivity contribution in [3.63, 3.8) is 0 Å². The lowest BCUT2D eigenvalue weighted by atomic mass is 9.94. The lowest BCUT2D eigenvalue weighted by Gasteiger charge is -2.27.